The van der Waals surface area contributed by atoms with Crippen molar-refractivity contribution in [1.29, 1.82) is 5.26 Å². The van der Waals surface area contributed by atoms with Gasteiger partial charge in [0.15, 0.2) is 0 Å². The van der Waals surface area contributed by atoms with Gasteiger partial charge in [-0.1, -0.05) is 32.9 Å². The molecule has 0 amide bonds. The number of rotatable bonds is 1. The van der Waals surface area contributed by atoms with Crippen molar-refractivity contribution in [1.82, 2.24) is 4.98 Å². The molecule has 128 valence electrons. The van der Waals surface area contributed by atoms with E-state index in [1.54, 1.807) is 6.07 Å². The lowest BCUT2D eigenvalue weighted by molar-refractivity contribution is 0.589. The Hall–Kier alpha value is -3.12. The van der Waals surface area contributed by atoms with Crippen LogP contribution in [0.4, 0.5) is 0 Å². The molecule has 2 aromatic carbocycles. The number of aryl methyl sites for hydroxylation is 1. The molecule has 4 rings (SSSR count). The van der Waals surface area contributed by atoms with Gasteiger partial charge in [-0.2, -0.15) is 5.26 Å². The summed E-state index contributed by atoms with van der Waals surface area (Å²) in [6, 6.07) is 16.2. The first-order chi connectivity index (χ1) is 12.4. The number of benzene rings is 2. The molecule has 0 saturated carbocycles. The van der Waals surface area contributed by atoms with Gasteiger partial charge in [0.25, 0.3) is 0 Å². The van der Waals surface area contributed by atoms with Gasteiger partial charge < -0.3 is 4.42 Å². The van der Waals surface area contributed by atoms with Crippen LogP contribution in [-0.2, 0) is 5.41 Å². The van der Waals surface area contributed by atoms with Crippen LogP contribution in [-0.4, -0.2) is 4.98 Å². The first-order valence-electron chi connectivity index (χ1n) is 8.71. The largest absolute Gasteiger partial charge is 0.455 e. The van der Waals surface area contributed by atoms with Gasteiger partial charge in [0, 0.05) is 22.5 Å². The molecule has 0 spiro atoms. The highest BCUT2D eigenvalue weighted by Gasteiger charge is 2.19. The Bertz CT molecular complexity index is 1190. The average Bonchev–Trinajstić information content (AvgIpc) is 2.98. The number of furan rings is 1. The van der Waals surface area contributed by atoms with Crippen LogP contribution in [0.2, 0.25) is 0 Å². The summed E-state index contributed by atoms with van der Waals surface area (Å²) < 4.78 is 6.20. The van der Waals surface area contributed by atoms with Crippen LogP contribution in [0.1, 0.15) is 37.5 Å². The maximum atomic E-state index is 9.15. The van der Waals surface area contributed by atoms with Crippen LogP contribution in [0.5, 0.6) is 0 Å². The molecular weight excluding hydrogens is 320 g/mol. The summed E-state index contributed by atoms with van der Waals surface area (Å²) >= 11 is 0. The lowest BCUT2D eigenvalue weighted by Gasteiger charge is -2.19. The van der Waals surface area contributed by atoms with Crippen molar-refractivity contribution >= 4 is 21.9 Å². The Morgan fingerprint density at radius 2 is 1.77 bits per heavy atom. The minimum atomic E-state index is 0.0507. The van der Waals surface area contributed by atoms with E-state index in [1.807, 2.05) is 18.3 Å². The number of nitriles is 1. The first-order valence-corrected chi connectivity index (χ1v) is 8.71. The minimum Gasteiger partial charge on any atom is -0.455 e. The summed E-state index contributed by atoms with van der Waals surface area (Å²) in [6.07, 6.45) is 1.87. The van der Waals surface area contributed by atoms with E-state index in [1.165, 1.54) is 5.56 Å². The molecule has 0 fully saturated rings. The van der Waals surface area contributed by atoms with Crippen molar-refractivity contribution in [3.05, 3.63) is 65.4 Å². The van der Waals surface area contributed by atoms with Crippen molar-refractivity contribution in [2.75, 3.05) is 0 Å². The van der Waals surface area contributed by atoms with E-state index in [4.69, 9.17) is 9.68 Å². The van der Waals surface area contributed by atoms with Gasteiger partial charge >= 0.3 is 0 Å². The highest BCUT2D eigenvalue weighted by molar-refractivity contribution is 6.10. The monoisotopic (exact) mass is 340 g/mol. The summed E-state index contributed by atoms with van der Waals surface area (Å²) in [4.78, 5) is 4.63. The highest BCUT2D eigenvalue weighted by Crippen LogP contribution is 2.38. The molecule has 3 heteroatoms. The Balaban J connectivity index is 2.04. The third-order valence-corrected chi connectivity index (χ3v) is 4.86. The fourth-order valence-electron chi connectivity index (χ4n) is 3.36. The number of hydrogen-bond acceptors (Lipinski definition) is 3. The van der Waals surface area contributed by atoms with Crippen LogP contribution < -0.4 is 0 Å². The van der Waals surface area contributed by atoms with Crippen molar-refractivity contribution in [2.24, 2.45) is 0 Å². The lowest BCUT2D eigenvalue weighted by Crippen LogP contribution is -2.11. The van der Waals surface area contributed by atoms with Gasteiger partial charge in [-0.05, 0) is 53.8 Å². The third-order valence-electron chi connectivity index (χ3n) is 4.86. The normalized spacial score (nSPS) is 11.8. The zero-order chi connectivity index (χ0) is 18.5. The molecule has 0 unspecified atom stereocenters. The van der Waals surface area contributed by atoms with E-state index in [9.17, 15) is 0 Å². The highest BCUT2D eigenvalue weighted by atomic mass is 16.3. The number of fused-ring (bicyclic) bond motifs is 3. The molecule has 0 aliphatic heterocycles. The topological polar surface area (TPSA) is 49.8 Å². The van der Waals surface area contributed by atoms with Gasteiger partial charge in [0.1, 0.15) is 11.2 Å². The van der Waals surface area contributed by atoms with Crippen molar-refractivity contribution < 1.29 is 4.42 Å². The zero-order valence-electron chi connectivity index (χ0n) is 15.4. The fraction of sp³-hybridized carbons (Fsp3) is 0.217. The van der Waals surface area contributed by atoms with E-state index in [2.05, 4.69) is 63.0 Å². The molecule has 0 atom stereocenters. The van der Waals surface area contributed by atoms with Crippen molar-refractivity contribution in [3.8, 4) is 17.3 Å². The molecule has 0 aliphatic rings. The van der Waals surface area contributed by atoms with E-state index in [0.29, 0.717) is 5.56 Å². The maximum Gasteiger partial charge on any atom is 0.145 e. The van der Waals surface area contributed by atoms with E-state index < -0.39 is 0 Å². The van der Waals surface area contributed by atoms with Gasteiger partial charge in [0.05, 0.1) is 17.3 Å². The predicted molar refractivity (Wildman–Crippen MR) is 105 cm³/mol. The summed E-state index contributed by atoms with van der Waals surface area (Å²) in [5.41, 5.74) is 6.50. The Labute approximate surface area is 152 Å². The lowest BCUT2D eigenvalue weighted by atomic mass is 9.86. The van der Waals surface area contributed by atoms with Crippen LogP contribution >= 0.6 is 0 Å². The van der Waals surface area contributed by atoms with Crippen LogP contribution in [0.3, 0.4) is 0 Å². The summed E-state index contributed by atoms with van der Waals surface area (Å²) in [5.74, 6) is 0. The van der Waals surface area contributed by atoms with E-state index in [0.717, 1.165) is 38.8 Å². The Kier molecular flexibility index (Phi) is 3.59. The van der Waals surface area contributed by atoms with Crippen molar-refractivity contribution in [2.45, 2.75) is 33.1 Å². The standard InChI is InChI=1S/C23H20N2O/c1-14-5-7-18-17-8-6-15(13-24)11-20(17)26-22(18)21(14)19-12-16(9-10-25-19)23(2,3)4/h5-12H,1-4H3. The molecule has 2 aromatic heterocycles. The molecule has 2 heterocycles. The number of pyridine rings is 1. The summed E-state index contributed by atoms with van der Waals surface area (Å²) in [5, 5.41) is 11.2. The quantitative estimate of drug-likeness (QED) is 0.419. The molecule has 4 aromatic rings. The maximum absolute atomic E-state index is 9.15. The summed E-state index contributed by atoms with van der Waals surface area (Å²) in [6.45, 7) is 8.67. The average molecular weight is 340 g/mol. The first kappa shape index (κ1) is 16.4. The summed E-state index contributed by atoms with van der Waals surface area (Å²) in [7, 11) is 0. The van der Waals surface area contributed by atoms with Gasteiger partial charge in [-0.3, -0.25) is 4.98 Å². The van der Waals surface area contributed by atoms with E-state index in [-0.39, 0.29) is 5.41 Å². The minimum absolute atomic E-state index is 0.0507. The molecule has 3 nitrogen and oxygen atoms in total. The Morgan fingerprint density at radius 3 is 2.50 bits per heavy atom. The molecular formula is C23H20N2O. The number of nitrogens with zero attached hydrogens (tertiary/aromatic N) is 2. The number of aromatic nitrogens is 1. The van der Waals surface area contributed by atoms with Gasteiger partial charge in [0.2, 0.25) is 0 Å². The molecule has 26 heavy (non-hydrogen) atoms. The fourth-order valence-corrected chi connectivity index (χ4v) is 3.36. The van der Waals surface area contributed by atoms with Crippen LogP contribution in [0.15, 0.2) is 53.1 Å². The second-order valence-corrected chi connectivity index (χ2v) is 7.74. The molecule has 0 radical (unpaired) electrons. The molecule has 0 aliphatic carbocycles. The second kappa shape index (κ2) is 5.71. The predicted octanol–water partition coefficient (Wildman–Crippen LogP) is 6.13. The number of hydrogen-bond donors (Lipinski definition) is 0. The molecule has 0 N–H and O–H groups in total. The van der Waals surface area contributed by atoms with Gasteiger partial charge in [-0.25, -0.2) is 0 Å². The third kappa shape index (κ3) is 2.55. The van der Waals surface area contributed by atoms with Crippen LogP contribution in [0, 0.1) is 18.3 Å². The second-order valence-electron chi connectivity index (χ2n) is 7.74. The molecule has 0 saturated heterocycles. The van der Waals surface area contributed by atoms with Crippen LogP contribution in [0.25, 0.3) is 33.2 Å². The van der Waals surface area contributed by atoms with E-state index >= 15 is 0 Å². The Morgan fingerprint density at radius 1 is 1.00 bits per heavy atom. The van der Waals surface area contributed by atoms with Gasteiger partial charge in [-0.15, -0.1) is 0 Å². The molecule has 0 bridgehead atoms. The zero-order valence-corrected chi connectivity index (χ0v) is 15.4. The smallest absolute Gasteiger partial charge is 0.145 e. The SMILES string of the molecule is Cc1ccc2c(oc3cc(C#N)ccc32)c1-c1cc(C(C)(C)C)ccn1. The van der Waals surface area contributed by atoms with Crippen molar-refractivity contribution in [3.63, 3.8) is 0 Å².